The van der Waals surface area contributed by atoms with Gasteiger partial charge in [0.2, 0.25) is 0 Å². The third-order valence-electron chi connectivity index (χ3n) is 2.37. The molecule has 19 heavy (non-hydrogen) atoms. The number of carbonyl (C=O) groups is 1. The van der Waals surface area contributed by atoms with E-state index >= 15 is 0 Å². The molecule has 5 heteroatoms. The monoisotopic (exact) mass is 260 g/mol. The first-order chi connectivity index (χ1) is 9.15. The Hall–Kier alpha value is -2.43. The van der Waals surface area contributed by atoms with Gasteiger partial charge in [0.25, 0.3) is 5.91 Å². The average Bonchev–Trinajstić information content (AvgIpc) is 2.40. The number of rotatable bonds is 4. The van der Waals surface area contributed by atoms with Gasteiger partial charge in [-0.1, -0.05) is 18.2 Å². The van der Waals surface area contributed by atoms with Crippen molar-refractivity contribution in [3.63, 3.8) is 0 Å². The van der Waals surface area contributed by atoms with Crippen molar-refractivity contribution in [3.8, 4) is 5.75 Å². The van der Waals surface area contributed by atoms with E-state index in [2.05, 4.69) is 10.3 Å². The average molecular weight is 260 g/mol. The Morgan fingerprint density at radius 1 is 1.32 bits per heavy atom. The van der Waals surface area contributed by atoms with Crippen molar-refractivity contribution >= 4 is 11.7 Å². The topological polar surface area (TPSA) is 51.2 Å². The first-order valence-electron chi connectivity index (χ1n) is 5.75. The molecule has 0 bridgehead atoms. The van der Waals surface area contributed by atoms with Crippen LogP contribution in [-0.4, -0.2) is 17.5 Å². The highest BCUT2D eigenvalue weighted by Gasteiger charge is 2.06. The maximum absolute atomic E-state index is 13.2. The van der Waals surface area contributed by atoms with Gasteiger partial charge in [-0.25, -0.2) is 9.37 Å². The molecule has 0 fully saturated rings. The SMILES string of the molecule is Cc1ccc(NC(=O)COc2ccccc2F)nc1. The quantitative estimate of drug-likeness (QED) is 0.919. The summed E-state index contributed by atoms with van der Waals surface area (Å²) < 4.78 is 18.3. The number of nitrogens with zero attached hydrogens (tertiary/aromatic N) is 1. The van der Waals surface area contributed by atoms with E-state index < -0.39 is 5.82 Å². The summed E-state index contributed by atoms with van der Waals surface area (Å²) in [4.78, 5) is 15.6. The molecule has 0 spiro atoms. The second-order valence-corrected chi connectivity index (χ2v) is 3.99. The maximum Gasteiger partial charge on any atom is 0.263 e. The number of pyridine rings is 1. The van der Waals surface area contributed by atoms with Crippen LogP contribution in [0.3, 0.4) is 0 Å². The van der Waals surface area contributed by atoms with E-state index in [0.717, 1.165) is 5.56 Å². The van der Waals surface area contributed by atoms with E-state index in [1.807, 2.05) is 13.0 Å². The summed E-state index contributed by atoms with van der Waals surface area (Å²) in [6.45, 7) is 1.64. The predicted octanol–water partition coefficient (Wildman–Crippen LogP) is 2.55. The molecule has 1 amide bonds. The third kappa shape index (κ3) is 3.77. The van der Waals surface area contributed by atoms with Gasteiger partial charge in [-0.3, -0.25) is 4.79 Å². The van der Waals surface area contributed by atoms with Crippen molar-refractivity contribution in [2.75, 3.05) is 11.9 Å². The van der Waals surface area contributed by atoms with Crippen molar-refractivity contribution in [1.29, 1.82) is 0 Å². The second kappa shape index (κ2) is 5.95. The summed E-state index contributed by atoms with van der Waals surface area (Å²) in [6, 6.07) is 9.45. The molecule has 98 valence electrons. The fourth-order valence-electron chi connectivity index (χ4n) is 1.43. The summed E-state index contributed by atoms with van der Waals surface area (Å²) in [5.41, 5.74) is 1.00. The summed E-state index contributed by atoms with van der Waals surface area (Å²) in [5, 5.41) is 2.56. The first-order valence-corrected chi connectivity index (χ1v) is 5.75. The smallest absolute Gasteiger partial charge is 0.263 e. The molecule has 0 aliphatic carbocycles. The highest BCUT2D eigenvalue weighted by atomic mass is 19.1. The van der Waals surface area contributed by atoms with Gasteiger partial charge in [0.15, 0.2) is 18.2 Å². The lowest BCUT2D eigenvalue weighted by molar-refractivity contribution is -0.118. The molecule has 0 saturated carbocycles. The van der Waals surface area contributed by atoms with Crippen LogP contribution in [0.15, 0.2) is 42.6 Å². The van der Waals surface area contributed by atoms with Gasteiger partial charge in [0, 0.05) is 6.20 Å². The summed E-state index contributed by atoms with van der Waals surface area (Å²) >= 11 is 0. The van der Waals surface area contributed by atoms with Gasteiger partial charge in [0.1, 0.15) is 5.82 Å². The highest BCUT2D eigenvalue weighted by molar-refractivity contribution is 5.90. The number of aromatic nitrogens is 1. The van der Waals surface area contributed by atoms with E-state index in [0.29, 0.717) is 5.82 Å². The van der Waals surface area contributed by atoms with E-state index in [9.17, 15) is 9.18 Å². The zero-order valence-corrected chi connectivity index (χ0v) is 10.4. The summed E-state index contributed by atoms with van der Waals surface area (Å²) in [6.07, 6.45) is 1.65. The van der Waals surface area contributed by atoms with Crippen LogP contribution >= 0.6 is 0 Å². The van der Waals surface area contributed by atoms with Crippen molar-refractivity contribution in [1.82, 2.24) is 4.98 Å². The number of hydrogen-bond donors (Lipinski definition) is 1. The number of nitrogens with one attached hydrogen (secondary N) is 1. The Morgan fingerprint density at radius 2 is 2.11 bits per heavy atom. The number of anilines is 1. The van der Waals surface area contributed by atoms with Gasteiger partial charge in [0.05, 0.1) is 0 Å². The lowest BCUT2D eigenvalue weighted by Crippen LogP contribution is -2.21. The molecule has 0 aliphatic heterocycles. The minimum Gasteiger partial charge on any atom is -0.481 e. The number of hydrogen-bond acceptors (Lipinski definition) is 3. The van der Waals surface area contributed by atoms with Gasteiger partial charge in [-0.2, -0.15) is 0 Å². The van der Waals surface area contributed by atoms with E-state index in [-0.39, 0.29) is 18.3 Å². The first kappa shape index (κ1) is 13.0. The number of carbonyl (C=O) groups excluding carboxylic acids is 1. The zero-order chi connectivity index (χ0) is 13.7. The van der Waals surface area contributed by atoms with E-state index in [1.54, 1.807) is 24.4 Å². The minimum atomic E-state index is -0.497. The fraction of sp³-hybridized carbons (Fsp3) is 0.143. The molecule has 0 saturated heterocycles. The van der Waals surface area contributed by atoms with Crippen LogP contribution in [0, 0.1) is 12.7 Å². The van der Waals surface area contributed by atoms with E-state index in [4.69, 9.17) is 4.74 Å². The van der Waals surface area contributed by atoms with Gasteiger partial charge in [-0.05, 0) is 30.7 Å². The summed E-state index contributed by atoms with van der Waals surface area (Å²) in [5.74, 6) is -0.398. The van der Waals surface area contributed by atoms with Crippen molar-refractivity contribution in [3.05, 3.63) is 54.0 Å². The molecule has 0 unspecified atom stereocenters. The number of ether oxygens (including phenoxy) is 1. The number of para-hydroxylation sites is 1. The molecule has 1 N–H and O–H groups in total. The molecular weight excluding hydrogens is 247 g/mol. The molecule has 1 aromatic carbocycles. The Kier molecular flexibility index (Phi) is 4.07. The van der Waals surface area contributed by atoms with Gasteiger partial charge < -0.3 is 10.1 Å². The van der Waals surface area contributed by atoms with Crippen molar-refractivity contribution < 1.29 is 13.9 Å². The van der Waals surface area contributed by atoms with Crippen LogP contribution in [0.2, 0.25) is 0 Å². The number of aryl methyl sites for hydroxylation is 1. The molecule has 1 heterocycles. The van der Waals surface area contributed by atoms with Gasteiger partial charge >= 0.3 is 0 Å². The third-order valence-corrected chi connectivity index (χ3v) is 2.37. The van der Waals surface area contributed by atoms with E-state index in [1.165, 1.54) is 12.1 Å². The molecule has 0 aliphatic rings. The zero-order valence-electron chi connectivity index (χ0n) is 10.4. The number of amides is 1. The van der Waals surface area contributed by atoms with Crippen LogP contribution in [0.4, 0.5) is 10.2 Å². The van der Waals surface area contributed by atoms with Crippen LogP contribution < -0.4 is 10.1 Å². The lowest BCUT2D eigenvalue weighted by Gasteiger charge is -2.07. The minimum absolute atomic E-state index is 0.0505. The largest absolute Gasteiger partial charge is 0.481 e. The van der Waals surface area contributed by atoms with Crippen molar-refractivity contribution in [2.24, 2.45) is 0 Å². The second-order valence-electron chi connectivity index (χ2n) is 3.99. The lowest BCUT2D eigenvalue weighted by atomic mass is 10.3. The molecule has 2 rings (SSSR count). The Balaban J connectivity index is 1.88. The molecular formula is C14H13FN2O2. The predicted molar refractivity (Wildman–Crippen MR) is 69.5 cm³/mol. The Bertz CT molecular complexity index is 570. The van der Waals surface area contributed by atoms with Crippen LogP contribution in [0.1, 0.15) is 5.56 Å². The Morgan fingerprint density at radius 3 is 2.79 bits per heavy atom. The highest BCUT2D eigenvalue weighted by Crippen LogP contribution is 2.15. The number of benzene rings is 1. The normalized spacial score (nSPS) is 10.0. The molecule has 4 nitrogen and oxygen atoms in total. The molecule has 0 radical (unpaired) electrons. The maximum atomic E-state index is 13.2. The fourth-order valence-corrected chi connectivity index (χ4v) is 1.43. The molecule has 1 aromatic heterocycles. The molecule has 2 aromatic rings. The Labute approximate surface area is 110 Å². The molecule has 0 atom stereocenters. The van der Waals surface area contributed by atoms with Crippen LogP contribution in [0.25, 0.3) is 0 Å². The van der Waals surface area contributed by atoms with Crippen LogP contribution in [0.5, 0.6) is 5.75 Å². The standard InChI is InChI=1S/C14H13FN2O2/c1-10-6-7-13(16-8-10)17-14(18)9-19-12-5-3-2-4-11(12)15/h2-8H,9H2,1H3,(H,16,17,18). The summed E-state index contributed by atoms with van der Waals surface area (Å²) in [7, 11) is 0. The van der Waals surface area contributed by atoms with Crippen molar-refractivity contribution in [2.45, 2.75) is 6.92 Å². The van der Waals surface area contributed by atoms with Gasteiger partial charge in [-0.15, -0.1) is 0 Å². The number of halogens is 1. The van der Waals surface area contributed by atoms with Crippen LogP contribution in [-0.2, 0) is 4.79 Å².